The van der Waals surface area contributed by atoms with E-state index in [9.17, 15) is 0 Å². The Morgan fingerprint density at radius 2 is 2.31 bits per heavy atom. The first kappa shape index (κ1) is 10.0. The maximum absolute atomic E-state index is 5.36. The molecule has 0 saturated carbocycles. The molecule has 4 nitrogen and oxygen atoms in total. The van der Waals surface area contributed by atoms with Crippen molar-refractivity contribution >= 4 is 21.9 Å². The fourth-order valence-electron chi connectivity index (χ4n) is 0.857. The van der Waals surface area contributed by atoms with Crippen LogP contribution >= 0.6 is 15.9 Å². The Balaban J connectivity index is 2.64. The van der Waals surface area contributed by atoms with Crippen molar-refractivity contribution in [3.05, 3.63) is 34.3 Å². The molecule has 1 aromatic rings. The van der Waals surface area contributed by atoms with Gasteiger partial charge in [-0.25, -0.2) is 10.8 Å². The summed E-state index contributed by atoms with van der Waals surface area (Å²) in [6.07, 6.45) is 0. The first-order chi connectivity index (χ1) is 6.22. The van der Waals surface area contributed by atoms with E-state index in [2.05, 4.69) is 26.3 Å². The molecular formula is C8H11BrN4. The van der Waals surface area contributed by atoms with Crippen molar-refractivity contribution in [1.29, 1.82) is 0 Å². The van der Waals surface area contributed by atoms with Crippen LogP contribution in [0.15, 0.2) is 33.7 Å². The van der Waals surface area contributed by atoms with E-state index in [0.29, 0.717) is 6.54 Å². The van der Waals surface area contributed by atoms with Gasteiger partial charge >= 0.3 is 0 Å². The molecule has 0 aliphatic carbocycles. The number of benzene rings is 1. The third kappa shape index (κ3) is 3.43. The van der Waals surface area contributed by atoms with Crippen LogP contribution in [-0.4, -0.2) is 5.96 Å². The Kier molecular flexibility index (Phi) is 3.72. The number of hydrogen-bond donors (Lipinski definition) is 3. The smallest absolute Gasteiger partial charge is 0.203 e. The molecule has 0 aliphatic heterocycles. The average molecular weight is 243 g/mol. The minimum absolute atomic E-state index is 0.236. The summed E-state index contributed by atoms with van der Waals surface area (Å²) in [6, 6.07) is 7.85. The fraction of sp³-hybridized carbons (Fsp3) is 0.125. The summed E-state index contributed by atoms with van der Waals surface area (Å²) in [5, 5.41) is 0. The van der Waals surface area contributed by atoms with Crippen molar-refractivity contribution in [2.45, 2.75) is 6.54 Å². The molecule has 0 radical (unpaired) electrons. The number of hydrazine groups is 1. The molecule has 0 amide bonds. The fourth-order valence-corrected chi connectivity index (χ4v) is 1.30. The number of nitrogens with one attached hydrogen (secondary N) is 1. The van der Waals surface area contributed by atoms with Crippen molar-refractivity contribution in [2.24, 2.45) is 16.6 Å². The Bertz CT molecular complexity index is 311. The summed E-state index contributed by atoms with van der Waals surface area (Å²) in [4.78, 5) is 3.99. The number of nitrogens with two attached hydrogens (primary N) is 2. The third-order valence-corrected chi connectivity index (χ3v) is 1.96. The molecule has 5 heteroatoms. The molecule has 5 N–H and O–H groups in total. The first-order valence-electron chi connectivity index (χ1n) is 3.73. The van der Waals surface area contributed by atoms with Gasteiger partial charge in [0.2, 0.25) is 5.96 Å². The molecule has 0 heterocycles. The van der Waals surface area contributed by atoms with E-state index in [1.807, 2.05) is 24.3 Å². The lowest BCUT2D eigenvalue weighted by molar-refractivity contribution is 0.958. The number of hydrogen-bond acceptors (Lipinski definition) is 2. The summed E-state index contributed by atoms with van der Waals surface area (Å²) in [6.45, 7) is 0.523. The topological polar surface area (TPSA) is 76.4 Å². The van der Waals surface area contributed by atoms with Gasteiger partial charge in [0, 0.05) is 4.47 Å². The minimum Gasteiger partial charge on any atom is -0.369 e. The van der Waals surface area contributed by atoms with Crippen LogP contribution in [0.2, 0.25) is 0 Å². The van der Waals surface area contributed by atoms with Gasteiger partial charge < -0.3 is 5.73 Å². The van der Waals surface area contributed by atoms with E-state index in [1.54, 1.807) is 0 Å². The predicted octanol–water partition coefficient (Wildman–Crippen LogP) is 0.727. The third-order valence-electron chi connectivity index (χ3n) is 1.47. The number of halogens is 1. The molecule has 1 aromatic carbocycles. The highest BCUT2D eigenvalue weighted by Gasteiger charge is 1.92. The van der Waals surface area contributed by atoms with Gasteiger partial charge in [-0.05, 0) is 17.7 Å². The van der Waals surface area contributed by atoms with Gasteiger partial charge in [0.15, 0.2) is 0 Å². The molecule has 0 aromatic heterocycles. The standard InChI is InChI=1S/C8H11BrN4/c9-7-3-1-2-6(4-7)5-12-8(10)13-11/h1-4H,5,11H2,(H3,10,12,13). The van der Waals surface area contributed by atoms with Gasteiger partial charge in [0.25, 0.3) is 0 Å². The normalized spacial score (nSPS) is 11.4. The van der Waals surface area contributed by atoms with Crippen molar-refractivity contribution in [1.82, 2.24) is 5.43 Å². The molecule has 0 bridgehead atoms. The number of rotatable bonds is 2. The maximum atomic E-state index is 5.36. The zero-order chi connectivity index (χ0) is 9.68. The Morgan fingerprint density at radius 1 is 1.54 bits per heavy atom. The molecule has 70 valence electrons. The van der Waals surface area contributed by atoms with Crippen LogP contribution in [0.4, 0.5) is 0 Å². The summed E-state index contributed by atoms with van der Waals surface area (Å²) in [7, 11) is 0. The van der Waals surface area contributed by atoms with Crippen molar-refractivity contribution < 1.29 is 0 Å². The van der Waals surface area contributed by atoms with Gasteiger partial charge in [-0.15, -0.1) is 0 Å². The Morgan fingerprint density at radius 3 is 2.92 bits per heavy atom. The van der Waals surface area contributed by atoms with E-state index in [-0.39, 0.29) is 5.96 Å². The molecule has 0 unspecified atom stereocenters. The summed E-state index contributed by atoms with van der Waals surface area (Å²) in [5.41, 5.74) is 8.70. The molecule has 0 spiro atoms. The van der Waals surface area contributed by atoms with Gasteiger partial charge in [0.1, 0.15) is 0 Å². The largest absolute Gasteiger partial charge is 0.369 e. The summed E-state index contributed by atoms with van der Waals surface area (Å²) < 4.78 is 1.03. The van der Waals surface area contributed by atoms with Gasteiger partial charge in [-0.1, -0.05) is 28.1 Å². The van der Waals surface area contributed by atoms with E-state index < -0.39 is 0 Å². The van der Waals surface area contributed by atoms with Crippen LogP contribution < -0.4 is 17.0 Å². The monoisotopic (exact) mass is 242 g/mol. The Labute approximate surface area is 85.1 Å². The second kappa shape index (κ2) is 4.84. The van der Waals surface area contributed by atoms with Crippen molar-refractivity contribution in [3.63, 3.8) is 0 Å². The molecule has 13 heavy (non-hydrogen) atoms. The minimum atomic E-state index is 0.236. The second-order valence-electron chi connectivity index (χ2n) is 2.48. The van der Waals surface area contributed by atoms with Gasteiger partial charge in [-0.2, -0.15) is 0 Å². The summed E-state index contributed by atoms with van der Waals surface area (Å²) in [5.74, 6) is 5.29. The summed E-state index contributed by atoms with van der Waals surface area (Å²) >= 11 is 3.37. The lowest BCUT2D eigenvalue weighted by Crippen LogP contribution is -2.37. The van der Waals surface area contributed by atoms with Crippen LogP contribution in [0.3, 0.4) is 0 Å². The van der Waals surface area contributed by atoms with Gasteiger partial charge in [0.05, 0.1) is 6.54 Å². The lowest BCUT2D eigenvalue weighted by Gasteiger charge is -1.99. The van der Waals surface area contributed by atoms with Crippen LogP contribution in [0.5, 0.6) is 0 Å². The van der Waals surface area contributed by atoms with Gasteiger partial charge in [-0.3, -0.25) is 5.43 Å². The molecule has 0 saturated heterocycles. The highest BCUT2D eigenvalue weighted by Crippen LogP contribution is 2.11. The number of guanidine groups is 1. The molecule has 0 aliphatic rings. The zero-order valence-corrected chi connectivity index (χ0v) is 8.58. The van der Waals surface area contributed by atoms with Crippen molar-refractivity contribution in [2.75, 3.05) is 0 Å². The van der Waals surface area contributed by atoms with E-state index in [1.165, 1.54) is 0 Å². The molecular weight excluding hydrogens is 232 g/mol. The van der Waals surface area contributed by atoms with E-state index in [4.69, 9.17) is 11.6 Å². The molecule has 0 atom stereocenters. The predicted molar refractivity (Wildman–Crippen MR) is 56.8 cm³/mol. The number of nitrogens with zero attached hydrogens (tertiary/aromatic N) is 1. The van der Waals surface area contributed by atoms with E-state index in [0.717, 1.165) is 10.0 Å². The highest BCUT2D eigenvalue weighted by atomic mass is 79.9. The molecule has 0 fully saturated rings. The average Bonchev–Trinajstić information content (AvgIpc) is 2.14. The maximum Gasteiger partial charge on any atom is 0.203 e. The van der Waals surface area contributed by atoms with Crippen LogP contribution in [0, 0.1) is 0 Å². The van der Waals surface area contributed by atoms with Crippen LogP contribution in [-0.2, 0) is 6.54 Å². The van der Waals surface area contributed by atoms with Crippen LogP contribution in [0.25, 0.3) is 0 Å². The quantitative estimate of drug-likeness (QED) is 0.310. The lowest BCUT2D eigenvalue weighted by atomic mass is 10.2. The SMILES string of the molecule is NNC(N)=NCc1cccc(Br)c1. The number of aliphatic imine (C=N–C) groups is 1. The van der Waals surface area contributed by atoms with Crippen molar-refractivity contribution in [3.8, 4) is 0 Å². The first-order valence-corrected chi connectivity index (χ1v) is 4.52. The van der Waals surface area contributed by atoms with Crippen LogP contribution in [0.1, 0.15) is 5.56 Å². The van der Waals surface area contributed by atoms with E-state index >= 15 is 0 Å². The molecule has 1 rings (SSSR count). The Hall–Kier alpha value is -1.07. The highest BCUT2D eigenvalue weighted by molar-refractivity contribution is 9.10. The second-order valence-corrected chi connectivity index (χ2v) is 3.39. The zero-order valence-electron chi connectivity index (χ0n) is 7.00.